The molecule has 1 saturated heterocycles. The highest BCUT2D eigenvalue weighted by Gasteiger charge is 2.23. The Morgan fingerprint density at radius 1 is 1.33 bits per heavy atom. The van der Waals surface area contributed by atoms with E-state index in [1.54, 1.807) is 7.11 Å². The van der Waals surface area contributed by atoms with E-state index in [2.05, 4.69) is 0 Å². The first-order valence-corrected chi connectivity index (χ1v) is 7.67. The van der Waals surface area contributed by atoms with Crippen LogP contribution in [-0.2, 0) is 0 Å². The van der Waals surface area contributed by atoms with Crippen molar-refractivity contribution >= 4 is 11.7 Å². The van der Waals surface area contributed by atoms with Crippen LogP contribution in [0.2, 0.25) is 0 Å². The zero-order valence-electron chi connectivity index (χ0n) is 12.8. The molecule has 0 spiro atoms. The SMILES string of the molecule is COc1cccc(N(CCCN)C(=O)N2CCCCC2)c1. The summed E-state index contributed by atoms with van der Waals surface area (Å²) in [5.74, 6) is 0.761. The van der Waals surface area contributed by atoms with E-state index < -0.39 is 0 Å². The predicted octanol–water partition coefficient (Wildman–Crippen LogP) is 2.46. The number of amides is 2. The lowest BCUT2D eigenvalue weighted by molar-refractivity contribution is 0.193. The molecule has 0 bridgehead atoms. The molecule has 0 aromatic heterocycles. The number of ether oxygens (including phenoxy) is 1. The number of hydrogen-bond donors (Lipinski definition) is 1. The van der Waals surface area contributed by atoms with Gasteiger partial charge in [0.1, 0.15) is 5.75 Å². The number of anilines is 1. The molecule has 0 aliphatic carbocycles. The number of hydrogen-bond acceptors (Lipinski definition) is 3. The van der Waals surface area contributed by atoms with Crippen molar-refractivity contribution in [2.75, 3.05) is 38.2 Å². The lowest BCUT2D eigenvalue weighted by atomic mass is 10.1. The normalized spacial score (nSPS) is 14.9. The van der Waals surface area contributed by atoms with Crippen LogP contribution in [0.4, 0.5) is 10.5 Å². The van der Waals surface area contributed by atoms with Crippen LogP contribution in [0.25, 0.3) is 0 Å². The highest BCUT2D eigenvalue weighted by molar-refractivity contribution is 5.92. The summed E-state index contributed by atoms with van der Waals surface area (Å²) >= 11 is 0. The van der Waals surface area contributed by atoms with E-state index >= 15 is 0 Å². The fourth-order valence-electron chi connectivity index (χ4n) is 2.62. The number of carbonyl (C=O) groups is 1. The molecule has 1 aliphatic rings. The molecule has 116 valence electrons. The smallest absolute Gasteiger partial charge is 0.324 e. The van der Waals surface area contributed by atoms with E-state index in [1.807, 2.05) is 34.1 Å². The van der Waals surface area contributed by atoms with Crippen LogP contribution in [0.3, 0.4) is 0 Å². The maximum Gasteiger partial charge on any atom is 0.324 e. The standard InChI is InChI=1S/C16H25N3O2/c1-21-15-8-5-7-14(13-15)19(12-6-9-17)16(20)18-10-3-2-4-11-18/h5,7-8,13H,2-4,6,9-12,17H2,1H3. The third-order valence-electron chi connectivity index (χ3n) is 3.81. The maximum atomic E-state index is 12.8. The summed E-state index contributed by atoms with van der Waals surface area (Å²) in [6.07, 6.45) is 4.19. The van der Waals surface area contributed by atoms with Crippen molar-refractivity contribution < 1.29 is 9.53 Å². The summed E-state index contributed by atoms with van der Waals surface area (Å²) < 4.78 is 5.26. The Kier molecular flexibility index (Phi) is 5.87. The van der Waals surface area contributed by atoms with Gasteiger partial charge in [-0.2, -0.15) is 0 Å². The molecular weight excluding hydrogens is 266 g/mol. The van der Waals surface area contributed by atoms with Crippen molar-refractivity contribution in [1.29, 1.82) is 0 Å². The maximum absolute atomic E-state index is 12.8. The van der Waals surface area contributed by atoms with E-state index in [9.17, 15) is 4.79 Å². The minimum atomic E-state index is 0.0800. The average Bonchev–Trinajstić information content (AvgIpc) is 2.56. The van der Waals surface area contributed by atoms with Crippen molar-refractivity contribution in [3.05, 3.63) is 24.3 Å². The molecule has 1 aliphatic heterocycles. The molecule has 1 aromatic carbocycles. The Hall–Kier alpha value is -1.75. The molecule has 1 aromatic rings. The van der Waals surface area contributed by atoms with E-state index in [0.29, 0.717) is 13.1 Å². The first kappa shape index (κ1) is 15.6. The summed E-state index contributed by atoms with van der Waals surface area (Å²) in [7, 11) is 1.63. The van der Waals surface area contributed by atoms with Crippen LogP contribution in [-0.4, -0.2) is 44.2 Å². The van der Waals surface area contributed by atoms with Gasteiger partial charge in [0, 0.05) is 31.4 Å². The van der Waals surface area contributed by atoms with Crippen LogP contribution in [0.1, 0.15) is 25.7 Å². The fraction of sp³-hybridized carbons (Fsp3) is 0.562. The van der Waals surface area contributed by atoms with Crippen molar-refractivity contribution in [2.24, 2.45) is 5.73 Å². The Morgan fingerprint density at radius 2 is 2.10 bits per heavy atom. The number of benzene rings is 1. The van der Waals surface area contributed by atoms with Gasteiger partial charge in [-0.1, -0.05) is 6.07 Å². The fourth-order valence-corrected chi connectivity index (χ4v) is 2.62. The first-order valence-electron chi connectivity index (χ1n) is 7.67. The van der Waals surface area contributed by atoms with Gasteiger partial charge in [-0.15, -0.1) is 0 Å². The molecule has 2 N–H and O–H groups in total. The summed E-state index contributed by atoms with van der Waals surface area (Å²) in [5, 5.41) is 0. The molecule has 0 saturated carbocycles. The molecule has 0 radical (unpaired) electrons. The van der Waals surface area contributed by atoms with Crippen LogP contribution in [0.15, 0.2) is 24.3 Å². The second-order valence-electron chi connectivity index (χ2n) is 5.33. The summed E-state index contributed by atoms with van der Waals surface area (Å²) in [6.45, 7) is 2.91. The Labute approximate surface area is 126 Å². The summed E-state index contributed by atoms with van der Waals surface area (Å²) in [6, 6.07) is 7.72. The molecule has 5 heteroatoms. The lowest BCUT2D eigenvalue weighted by Gasteiger charge is -2.33. The van der Waals surface area contributed by atoms with Crippen molar-refractivity contribution in [2.45, 2.75) is 25.7 Å². The minimum Gasteiger partial charge on any atom is -0.497 e. The van der Waals surface area contributed by atoms with E-state index in [1.165, 1.54) is 6.42 Å². The molecule has 2 rings (SSSR count). The van der Waals surface area contributed by atoms with Crippen LogP contribution < -0.4 is 15.4 Å². The first-order chi connectivity index (χ1) is 10.3. The van der Waals surface area contributed by atoms with Crippen molar-refractivity contribution in [3.63, 3.8) is 0 Å². The zero-order chi connectivity index (χ0) is 15.1. The van der Waals surface area contributed by atoms with Gasteiger partial charge in [-0.25, -0.2) is 4.79 Å². The van der Waals surface area contributed by atoms with Crippen LogP contribution >= 0.6 is 0 Å². The van der Waals surface area contributed by atoms with E-state index in [0.717, 1.165) is 43.8 Å². The quantitative estimate of drug-likeness (QED) is 0.906. The Balaban J connectivity index is 2.17. The van der Waals surface area contributed by atoms with Gasteiger partial charge in [0.05, 0.1) is 7.11 Å². The molecule has 2 amide bonds. The molecule has 21 heavy (non-hydrogen) atoms. The molecule has 1 fully saturated rings. The largest absolute Gasteiger partial charge is 0.497 e. The van der Waals surface area contributed by atoms with Crippen LogP contribution in [0.5, 0.6) is 5.75 Å². The van der Waals surface area contributed by atoms with E-state index in [-0.39, 0.29) is 6.03 Å². The van der Waals surface area contributed by atoms with Gasteiger partial charge in [0.2, 0.25) is 0 Å². The topological polar surface area (TPSA) is 58.8 Å². The zero-order valence-corrected chi connectivity index (χ0v) is 12.8. The van der Waals surface area contributed by atoms with Gasteiger partial charge >= 0.3 is 6.03 Å². The number of piperidine rings is 1. The Bertz CT molecular complexity index is 459. The molecule has 5 nitrogen and oxygen atoms in total. The highest BCUT2D eigenvalue weighted by atomic mass is 16.5. The number of likely N-dealkylation sites (tertiary alicyclic amines) is 1. The predicted molar refractivity (Wildman–Crippen MR) is 84.8 cm³/mol. The number of urea groups is 1. The second-order valence-corrected chi connectivity index (χ2v) is 5.33. The van der Waals surface area contributed by atoms with Crippen LogP contribution in [0, 0.1) is 0 Å². The minimum absolute atomic E-state index is 0.0800. The van der Waals surface area contributed by atoms with Gasteiger partial charge in [0.15, 0.2) is 0 Å². The highest BCUT2D eigenvalue weighted by Crippen LogP contribution is 2.23. The summed E-state index contributed by atoms with van der Waals surface area (Å²) in [4.78, 5) is 16.5. The van der Waals surface area contributed by atoms with Gasteiger partial charge in [0.25, 0.3) is 0 Å². The third-order valence-corrected chi connectivity index (χ3v) is 3.81. The number of rotatable bonds is 5. The number of nitrogens with two attached hydrogens (primary N) is 1. The van der Waals surface area contributed by atoms with Crippen molar-refractivity contribution in [3.8, 4) is 5.75 Å². The number of methoxy groups -OCH3 is 1. The average molecular weight is 291 g/mol. The monoisotopic (exact) mass is 291 g/mol. The molecule has 0 unspecified atom stereocenters. The molecule has 0 atom stereocenters. The number of nitrogens with zero attached hydrogens (tertiary/aromatic N) is 2. The molecular formula is C16H25N3O2. The van der Waals surface area contributed by atoms with Gasteiger partial charge < -0.3 is 15.4 Å². The van der Waals surface area contributed by atoms with Gasteiger partial charge in [-0.3, -0.25) is 4.90 Å². The summed E-state index contributed by atoms with van der Waals surface area (Å²) in [5.41, 5.74) is 6.49. The van der Waals surface area contributed by atoms with Gasteiger partial charge in [-0.05, 0) is 44.4 Å². The lowest BCUT2D eigenvalue weighted by Crippen LogP contribution is -2.46. The van der Waals surface area contributed by atoms with Crippen molar-refractivity contribution in [1.82, 2.24) is 4.90 Å². The second kappa shape index (κ2) is 7.88. The third kappa shape index (κ3) is 4.11. The number of carbonyl (C=O) groups excluding carboxylic acids is 1. The Morgan fingerprint density at radius 3 is 2.76 bits per heavy atom. The molecule has 1 heterocycles. The van der Waals surface area contributed by atoms with E-state index in [4.69, 9.17) is 10.5 Å².